The van der Waals surface area contributed by atoms with Gasteiger partial charge < -0.3 is 15.6 Å². The monoisotopic (exact) mass is 269 g/mol. The Balaban J connectivity index is 1.99. The van der Waals surface area contributed by atoms with Crippen LogP contribution in [0, 0.1) is 5.92 Å². The van der Waals surface area contributed by atoms with Crippen molar-refractivity contribution in [3.8, 4) is 0 Å². The third kappa shape index (κ3) is 1.55. The van der Waals surface area contributed by atoms with Crippen molar-refractivity contribution in [3.63, 3.8) is 0 Å². The smallest absolute Gasteiger partial charge is 0.167 e. The van der Waals surface area contributed by atoms with E-state index in [0.717, 1.165) is 0 Å². The molecule has 1 saturated heterocycles. The lowest BCUT2D eigenvalue weighted by molar-refractivity contribution is -0.225. The number of ether oxygens (including phenoxy) is 1. The summed E-state index contributed by atoms with van der Waals surface area (Å²) in [5.74, 6) is 0.764. The summed E-state index contributed by atoms with van der Waals surface area (Å²) < 4.78 is 7.34. The van der Waals surface area contributed by atoms with E-state index in [1.54, 1.807) is 10.9 Å². The third-order valence-electron chi connectivity index (χ3n) is 3.18. The van der Waals surface area contributed by atoms with Gasteiger partial charge in [0.25, 0.3) is 0 Å². The van der Waals surface area contributed by atoms with Crippen molar-refractivity contribution in [2.45, 2.75) is 12.3 Å². The van der Waals surface area contributed by atoms with Gasteiger partial charge in [-0.25, -0.2) is 15.0 Å². The first kappa shape index (κ1) is 11.6. The van der Waals surface area contributed by atoms with Gasteiger partial charge in [-0.05, 0) is 0 Å². The van der Waals surface area contributed by atoms with Crippen LogP contribution in [0.25, 0.3) is 11.2 Å². The Kier molecular flexibility index (Phi) is 2.81. The second kappa shape index (κ2) is 4.34. The minimum Gasteiger partial charge on any atom is -0.394 e. The summed E-state index contributed by atoms with van der Waals surface area (Å²) in [5, 5.41) is 9.11. The van der Waals surface area contributed by atoms with Crippen LogP contribution < -0.4 is 5.73 Å². The second-order valence-electron chi connectivity index (χ2n) is 4.15. The molecule has 0 spiro atoms. The summed E-state index contributed by atoms with van der Waals surface area (Å²) in [6.45, 7) is -0.0440. The first-order valence-electron chi connectivity index (χ1n) is 5.51. The molecule has 0 aliphatic carbocycles. The molecule has 0 saturated carbocycles. The molecule has 0 bridgehead atoms. The van der Waals surface area contributed by atoms with Crippen molar-refractivity contribution in [2.24, 2.45) is 5.92 Å². The number of nitrogens with two attached hydrogens (primary N) is 1. The molecule has 1 fully saturated rings. The van der Waals surface area contributed by atoms with Crippen LogP contribution in [0.4, 0.5) is 5.82 Å². The SMILES string of the molecule is Nc1ncnc2c1ncn2[C@@H]1O[C@H](CO)[C@@H]1CCl. The standard InChI is InChI=1S/C10H12ClN5O2/c11-1-5-6(2-17)18-10(5)16-4-15-7-8(12)13-3-14-9(7)16/h3-6,10,17H,1-2H2,(H2,12,13,14)/t5-,6+,10+/m0/s1. The predicted molar refractivity (Wildman–Crippen MR) is 64.9 cm³/mol. The first-order valence-corrected chi connectivity index (χ1v) is 6.05. The van der Waals surface area contributed by atoms with E-state index in [2.05, 4.69) is 15.0 Å². The number of hydrogen-bond acceptors (Lipinski definition) is 6. The van der Waals surface area contributed by atoms with Gasteiger partial charge in [0.2, 0.25) is 0 Å². The van der Waals surface area contributed by atoms with E-state index in [-0.39, 0.29) is 24.9 Å². The van der Waals surface area contributed by atoms with Gasteiger partial charge in [-0.1, -0.05) is 0 Å². The number of aromatic nitrogens is 4. The van der Waals surface area contributed by atoms with Gasteiger partial charge in [-0.3, -0.25) is 4.57 Å². The van der Waals surface area contributed by atoms with Crippen LogP contribution in [0.5, 0.6) is 0 Å². The topological polar surface area (TPSA) is 99.1 Å². The molecule has 3 rings (SSSR count). The van der Waals surface area contributed by atoms with E-state index < -0.39 is 0 Å². The molecule has 0 aromatic carbocycles. The number of halogens is 1. The summed E-state index contributed by atoms with van der Waals surface area (Å²) in [6.07, 6.45) is 2.49. The Bertz CT molecular complexity index is 574. The van der Waals surface area contributed by atoms with Crippen molar-refractivity contribution < 1.29 is 9.84 Å². The molecule has 1 aliphatic rings. The number of anilines is 1. The number of hydrogen-bond donors (Lipinski definition) is 2. The van der Waals surface area contributed by atoms with Crippen LogP contribution in [0.2, 0.25) is 0 Å². The van der Waals surface area contributed by atoms with Gasteiger partial charge in [0, 0.05) is 11.8 Å². The molecule has 1 aliphatic heterocycles. The van der Waals surface area contributed by atoms with Gasteiger partial charge in [0.15, 0.2) is 11.5 Å². The lowest BCUT2D eigenvalue weighted by Crippen LogP contribution is -2.48. The van der Waals surface area contributed by atoms with Gasteiger partial charge in [-0.2, -0.15) is 0 Å². The number of aliphatic hydroxyl groups excluding tert-OH is 1. The van der Waals surface area contributed by atoms with Crippen LogP contribution >= 0.6 is 11.6 Å². The van der Waals surface area contributed by atoms with Crippen LogP contribution in [0.3, 0.4) is 0 Å². The Morgan fingerprint density at radius 1 is 1.44 bits per heavy atom. The van der Waals surface area contributed by atoms with Crippen LogP contribution in [0.15, 0.2) is 12.7 Å². The fourth-order valence-electron chi connectivity index (χ4n) is 2.16. The molecule has 3 heterocycles. The molecular weight excluding hydrogens is 258 g/mol. The molecular formula is C10H12ClN5O2. The van der Waals surface area contributed by atoms with E-state index in [1.807, 2.05) is 0 Å². The van der Waals surface area contributed by atoms with E-state index in [9.17, 15) is 0 Å². The fraction of sp³-hybridized carbons (Fsp3) is 0.500. The summed E-state index contributed by atoms with van der Waals surface area (Å²) in [5.41, 5.74) is 6.87. The molecule has 7 nitrogen and oxygen atoms in total. The second-order valence-corrected chi connectivity index (χ2v) is 4.46. The number of nitrogen functional groups attached to an aromatic ring is 1. The van der Waals surface area contributed by atoms with Crippen molar-refractivity contribution in [1.82, 2.24) is 19.5 Å². The number of alkyl halides is 1. The molecule has 3 atom stereocenters. The summed E-state index contributed by atoms with van der Waals surface area (Å²) in [6, 6.07) is 0. The maximum absolute atomic E-state index is 9.11. The molecule has 0 unspecified atom stereocenters. The first-order chi connectivity index (χ1) is 8.76. The van der Waals surface area contributed by atoms with Gasteiger partial charge in [-0.15, -0.1) is 11.6 Å². The molecule has 2 aromatic rings. The van der Waals surface area contributed by atoms with Crippen molar-refractivity contribution in [2.75, 3.05) is 18.2 Å². The molecule has 18 heavy (non-hydrogen) atoms. The maximum Gasteiger partial charge on any atom is 0.167 e. The molecule has 0 radical (unpaired) electrons. The van der Waals surface area contributed by atoms with Crippen LogP contribution in [-0.2, 0) is 4.74 Å². The number of aliphatic hydroxyl groups is 1. The quantitative estimate of drug-likeness (QED) is 0.770. The Labute approximate surface area is 108 Å². The molecule has 96 valence electrons. The lowest BCUT2D eigenvalue weighted by atomic mass is 9.96. The minimum absolute atomic E-state index is 0.0326. The largest absolute Gasteiger partial charge is 0.394 e. The highest BCUT2D eigenvalue weighted by Gasteiger charge is 2.43. The molecule has 3 N–H and O–H groups in total. The summed E-state index contributed by atoms with van der Waals surface area (Å²) >= 11 is 5.89. The molecule has 8 heteroatoms. The van der Waals surface area contributed by atoms with Gasteiger partial charge in [0.05, 0.1) is 19.0 Å². The summed E-state index contributed by atoms with van der Waals surface area (Å²) in [7, 11) is 0. The zero-order valence-corrected chi connectivity index (χ0v) is 10.2. The highest BCUT2D eigenvalue weighted by Crippen LogP contribution is 2.39. The Morgan fingerprint density at radius 3 is 3.00 bits per heavy atom. The maximum atomic E-state index is 9.11. The Morgan fingerprint density at radius 2 is 2.28 bits per heavy atom. The van der Waals surface area contributed by atoms with Crippen molar-refractivity contribution >= 4 is 28.6 Å². The zero-order valence-electron chi connectivity index (χ0n) is 9.40. The van der Waals surface area contributed by atoms with Crippen LogP contribution in [0.1, 0.15) is 6.23 Å². The fourth-order valence-corrected chi connectivity index (χ4v) is 2.51. The van der Waals surface area contributed by atoms with E-state index in [1.165, 1.54) is 6.33 Å². The Hall–Kier alpha value is -1.44. The summed E-state index contributed by atoms with van der Waals surface area (Å²) in [4.78, 5) is 12.2. The normalized spacial score (nSPS) is 27.3. The third-order valence-corrected chi connectivity index (χ3v) is 3.53. The van der Waals surface area contributed by atoms with Crippen LogP contribution in [-0.4, -0.2) is 43.2 Å². The molecule has 0 amide bonds. The van der Waals surface area contributed by atoms with E-state index >= 15 is 0 Å². The number of nitrogens with zero attached hydrogens (tertiary/aromatic N) is 4. The number of rotatable bonds is 3. The minimum atomic E-state index is -0.265. The predicted octanol–water partition coefficient (Wildman–Crippen LogP) is 0.153. The zero-order chi connectivity index (χ0) is 12.7. The van der Waals surface area contributed by atoms with E-state index in [0.29, 0.717) is 22.9 Å². The highest BCUT2D eigenvalue weighted by atomic mass is 35.5. The van der Waals surface area contributed by atoms with Crippen molar-refractivity contribution in [1.29, 1.82) is 0 Å². The number of imidazole rings is 1. The molecule has 2 aromatic heterocycles. The van der Waals surface area contributed by atoms with Gasteiger partial charge in [0.1, 0.15) is 18.1 Å². The average molecular weight is 270 g/mol. The van der Waals surface area contributed by atoms with Crippen molar-refractivity contribution in [3.05, 3.63) is 12.7 Å². The lowest BCUT2D eigenvalue weighted by Gasteiger charge is -2.43. The van der Waals surface area contributed by atoms with Gasteiger partial charge >= 0.3 is 0 Å². The average Bonchev–Trinajstić information content (AvgIpc) is 2.75. The highest BCUT2D eigenvalue weighted by molar-refractivity contribution is 6.18. The van der Waals surface area contributed by atoms with E-state index in [4.69, 9.17) is 27.2 Å². The number of fused-ring (bicyclic) bond motifs is 1.